The Morgan fingerprint density at radius 1 is 1.53 bits per heavy atom. The summed E-state index contributed by atoms with van der Waals surface area (Å²) in [5.74, 6) is -0.258. The maximum Gasteiger partial charge on any atom is 0.317 e. The number of nitrogens with zero attached hydrogens (tertiary/aromatic N) is 1. The number of hydrogen-bond donors (Lipinski definition) is 2. The fourth-order valence-electron chi connectivity index (χ4n) is 2.11. The Morgan fingerprint density at radius 3 is 2.68 bits per heavy atom. The van der Waals surface area contributed by atoms with Gasteiger partial charge >= 0.3 is 12.0 Å². The van der Waals surface area contributed by atoms with Gasteiger partial charge in [-0.25, -0.2) is 4.79 Å². The number of hydrogen-bond acceptors (Lipinski definition) is 3. The third kappa shape index (κ3) is 4.93. The molecule has 1 rings (SSSR count). The molecule has 1 fully saturated rings. The van der Waals surface area contributed by atoms with Crippen LogP contribution in [0.4, 0.5) is 4.79 Å². The number of urea groups is 1. The molecule has 110 valence electrons. The summed E-state index contributed by atoms with van der Waals surface area (Å²) in [6.45, 7) is 7.07. The normalized spacial score (nSPS) is 23.9. The van der Waals surface area contributed by atoms with E-state index >= 15 is 0 Å². The van der Waals surface area contributed by atoms with Crippen molar-refractivity contribution in [3.05, 3.63) is 0 Å². The van der Waals surface area contributed by atoms with Crippen molar-refractivity contribution in [1.29, 1.82) is 0 Å². The first-order valence-electron chi connectivity index (χ1n) is 6.77. The van der Waals surface area contributed by atoms with E-state index in [1.807, 2.05) is 18.7 Å². The minimum Gasteiger partial charge on any atom is -0.481 e. The fourth-order valence-corrected chi connectivity index (χ4v) is 3.36. The lowest BCUT2D eigenvalue weighted by Gasteiger charge is -2.27. The number of rotatable bonds is 6. The molecule has 0 saturated carbocycles. The van der Waals surface area contributed by atoms with Crippen molar-refractivity contribution in [1.82, 2.24) is 10.2 Å². The van der Waals surface area contributed by atoms with E-state index in [9.17, 15) is 9.59 Å². The van der Waals surface area contributed by atoms with Gasteiger partial charge in [0.1, 0.15) is 0 Å². The zero-order chi connectivity index (χ0) is 14.5. The maximum atomic E-state index is 12.0. The van der Waals surface area contributed by atoms with Gasteiger partial charge in [-0.05, 0) is 32.4 Å². The van der Waals surface area contributed by atoms with Gasteiger partial charge < -0.3 is 15.3 Å². The van der Waals surface area contributed by atoms with Crippen molar-refractivity contribution < 1.29 is 14.7 Å². The second-order valence-electron chi connectivity index (χ2n) is 5.34. The molecule has 0 aliphatic carbocycles. The Morgan fingerprint density at radius 2 is 2.21 bits per heavy atom. The molecule has 0 spiro atoms. The zero-order valence-corrected chi connectivity index (χ0v) is 12.8. The average molecular weight is 288 g/mol. The van der Waals surface area contributed by atoms with Crippen molar-refractivity contribution in [2.24, 2.45) is 5.92 Å². The smallest absolute Gasteiger partial charge is 0.317 e. The molecule has 19 heavy (non-hydrogen) atoms. The van der Waals surface area contributed by atoms with Gasteiger partial charge in [0.2, 0.25) is 0 Å². The van der Waals surface area contributed by atoms with Crippen LogP contribution in [0.25, 0.3) is 0 Å². The minimum atomic E-state index is -0.871. The molecule has 6 heteroatoms. The van der Waals surface area contributed by atoms with Crippen LogP contribution in [-0.4, -0.2) is 52.1 Å². The van der Waals surface area contributed by atoms with Crippen molar-refractivity contribution in [2.75, 3.05) is 25.4 Å². The molecule has 2 unspecified atom stereocenters. The number of carbonyl (C=O) groups is 2. The van der Waals surface area contributed by atoms with E-state index in [0.717, 1.165) is 12.2 Å². The van der Waals surface area contributed by atoms with Crippen molar-refractivity contribution in [3.63, 3.8) is 0 Å². The largest absolute Gasteiger partial charge is 0.481 e. The van der Waals surface area contributed by atoms with Crippen LogP contribution in [0.3, 0.4) is 0 Å². The van der Waals surface area contributed by atoms with E-state index in [2.05, 4.69) is 12.2 Å². The minimum absolute atomic E-state index is 0.132. The van der Waals surface area contributed by atoms with Crippen molar-refractivity contribution in [3.8, 4) is 0 Å². The highest BCUT2D eigenvalue weighted by Crippen LogP contribution is 2.36. The first-order chi connectivity index (χ1) is 8.88. The molecular weight excluding hydrogens is 264 g/mol. The second-order valence-corrected chi connectivity index (χ2v) is 7.02. The predicted octanol–water partition coefficient (Wildman–Crippen LogP) is 2.02. The van der Waals surface area contributed by atoms with Gasteiger partial charge in [-0.3, -0.25) is 4.79 Å². The summed E-state index contributed by atoms with van der Waals surface area (Å²) in [6.07, 6.45) is 2.32. The molecule has 2 amide bonds. The first-order valence-corrected chi connectivity index (χ1v) is 7.76. The summed E-state index contributed by atoms with van der Waals surface area (Å²) in [4.78, 5) is 24.4. The molecule has 0 aromatic rings. The van der Waals surface area contributed by atoms with Crippen molar-refractivity contribution in [2.45, 2.75) is 38.4 Å². The molecular formula is C13H24N2O3S. The van der Waals surface area contributed by atoms with Crippen LogP contribution in [0.15, 0.2) is 0 Å². The average Bonchev–Trinajstić information content (AvgIpc) is 2.80. The molecule has 1 aliphatic rings. The summed E-state index contributed by atoms with van der Waals surface area (Å²) in [7, 11) is 0. The monoisotopic (exact) mass is 288 g/mol. The molecule has 5 nitrogen and oxygen atoms in total. The van der Waals surface area contributed by atoms with E-state index in [4.69, 9.17) is 5.11 Å². The van der Waals surface area contributed by atoms with E-state index in [-0.39, 0.29) is 17.3 Å². The Balaban J connectivity index is 2.43. The van der Waals surface area contributed by atoms with Gasteiger partial charge in [-0.15, -0.1) is 0 Å². The topological polar surface area (TPSA) is 69.6 Å². The van der Waals surface area contributed by atoms with Crippen LogP contribution >= 0.6 is 11.8 Å². The SMILES string of the molecule is CCN(CC(C)C(=O)O)C(=O)NCC1(C)CCCS1. The lowest BCUT2D eigenvalue weighted by atomic mass is 10.1. The van der Waals surface area contributed by atoms with Gasteiger partial charge in [0, 0.05) is 24.4 Å². The van der Waals surface area contributed by atoms with Gasteiger partial charge in [0.05, 0.1) is 5.92 Å². The molecule has 1 aliphatic heterocycles. The van der Waals surface area contributed by atoms with Gasteiger partial charge in [0.15, 0.2) is 0 Å². The Kier molecular flexibility index (Phi) is 5.97. The number of carboxylic acid groups (broad SMARTS) is 1. The standard InChI is InChI=1S/C13H24N2O3S/c1-4-15(8-10(2)11(16)17)12(18)14-9-13(3)6-5-7-19-13/h10H,4-9H2,1-3H3,(H,14,18)(H,16,17). The zero-order valence-electron chi connectivity index (χ0n) is 11.9. The van der Waals surface area contributed by atoms with E-state index in [1.54, 1.807) is 11.8 Å². The molecule has 0 radical (unpaired) electrons. The highest BCUT2D eigenvalue weighted by Gasteiger charge is 2.30. The summed E-state index contributed by atoms with van der Waals surface area (Å²) in [5.41, 5.74) is 0. The second kappa shape index (κ2) is 7.03. The number of carbonyl (C=O) groups excluding carboxylic acids is 1. The van der Waals surface area contributed by atoms with Crippen LogP contribution in [0.2, 0.25) is 0 Å². The number of amides is 2. The van der Waals surface area contributed by atoms with Crippen molar-refractivity contribution >= 4 is 23.8 Å². The van der Waals surface area contributed by atoms with Crippen LogP contribution in [0, 0.1) is 5.92 Å². The van der Waals surface area contributed by atoms with Gasteiger partial charge in [0.25, 0.3) is 0 Å². The summed E-state index contributed by atoms with van der Waals surface area (Å²) >= 11 is 1.90. The third-order valence-corrected chi connectivity index (χ3v) is 5.04. The molecule has 2 N–H and O–H groups in total. The quantitative estimate of drug-likeness (QED) is 0.784. The fraction of sp³-hybridized carbons (Fsp3) is 0.846. The molecule has 0 aromatic heterocycles. The van der Waals surface area contributed by atoms with Crippen LogP contribution in [0.1, 0.15) is 33.6 Å². The Labute approximate surface area is 119 Å². The van der Waals surface area contributed by atoms with Crippen LogP contribution in [-0.2, 0) is 4.79 Å². The highest BCUT2D eigenvalue weighted by molar-refractivity contribution is 8.00. The number of nitrogens with one attached hydrogen (secondary N) is 1. The number of carboxylic acids is 1. The first kappa shape index (κ1) is 16.1. The van der Waals surface area contributed by atoms with E-state index in [0.29, 0.717) is 13.1 Å². The maximum absolute atomic E-state index is 12.0. The number of aliphatic carboxylic acids is 1. The predicted molar refractivity (Wildman–Crippen MR) is 77.5 cm³/mol. The van der Waals surface area contributed by atoms with E-state index in [1.165, 1.54) is 6.42 Å². The highest BCUT2D eigenvalue weighted by atomic mass is 32.2. The Hall–Kier alpha value is -0.910. The lowest BCUT2D eigenvalue weighted by molar-refractivity contribution is -0.141. The molecule has 2 atom stereocenters. The van der Waals surface area contributed by atoms with E-state index < -0.39 is 11.9 Å². The molecule has 0 aromatic carbocycles. The molecule has 1 saturated heterocycles. The van der Waals surface area contributed by atoms with Crippen LogP contribution < -0.4 is 5.32 Å². The number of thioether (sulfide) groups is 1. The van der Waals surface area contributed by atoms with Gasteiger partial charge in [-0.2, -0.15) is 11.8 Å². The molecule has 0 bridgehead atoms. The Bertz CT molecular complexity index is 330. The third-order valence-electron chi connectivity index (χ3n) is 3.50. The summed E-state index contributed by atoms with van der Waals surface area (Å²) in [6, 6.07) is -0.163. The summed E-state index contributed by atoms with van der Waals surface area (Å²) < 4.78 is 0.132. The summed E-state index contributed by atoms with van der Waals surface area (Å²) in [5, 5.41) is 11.8. The lowest BCUT2D eigenvalue weighted by Crippen LogP contribution is -2.46. The van der Waals surface area contributed by atoms with Gasteiger partial charge in [-0.1, -0.05) is 6.92 Å². The van der Waals surface area contributed by atoms with Crippen LogP contribution in [0.5, 0.6) is 0 Å². The molecule has 1 heterocycles.